The quantitative estimate of drug-likeness (QED) is 0.0583. The molecular weight excluding hydrogens is 771 g/mol. The normalized spacial score (nSPS) is 21.8. The first-order chi connectivity index (χ1) is 29.6. The smallest absolute Gasteiger partial charge is 0.134 e. The molecule has 0 saturated carbocycles. The van der Waals surface area contributed by atoms with E-state index in [1.165, 1.54) is 0 Å². The predicted molar refractivity (Wildman–Crippen MR) is 244 cm³/mol. The highest BCUT2D eigenvalue weighted by molar-refractivity contribution is 5.54. The monoisotopic (exact) mass is 850 g/mol. The molecule has 3 heterocycles. The first-order valence-corrected chi connectivity index (χ1v) is 23.1. The third-order valence-electron chi connectivity index (χ3n) is 12.7. The molecule has 6 atom stereocenters. The van der Waals surface area contributed by atoms with Gasteiger partial charge in [-0.1, -0.05) is 71.0 Å². The summed E-state index contributed by atoms with van der Waals surface area (Å²) in [6.45, 7) is 25.0. The lowest BCUT2D eigenvalue weighted by molar-refractivity contribution is -0.0163. The fraction of sp³-hybridized carbons (Fsp3) is 0.674. The highest BCUT2D eigenvalue weighted by atomic mass is 16.3. The van der Waals surface area contributed by atoms with Gasteiger partial charge in [-0.15, -0.1) is 0 Å². The molecule has 0 spiro atoms. The Bertz CT molecular complexity index is 1600. The zero-order chi connectivity index (χ0) is 43.6. The number of hydrogen-bond acceptors (Lipinski definition) is 14. The second-order valence-corrected chi connectivity index (χ2v) is 16.8. The van der Waals surface area contributed by atoms with E-state index >= 15 is 0 Å². The van der Waals surface area contributed by atoms with E-state index in [0.29, 0.717) is 52.1 Å². The van der Waals surface area contributed by atoms with Gasteiger partial charge in [0.15, 0.2) is 0 Å². The molecule has 0 bridgehead atoms. The van der Waals surface area contributed by atoms with Crippen LogP contribution in [0.15, 0.2) is 60.9 Å². The van der Waals surface area contributed by atoms with Crippen molar-refractivity contribution in [3.8, 4) is 0 Å². The molecule has 61 heavy (non-hydrogen) atoms. The van der Waals surface area contributed by atoms with Crippen LogP contribution in [0.25, 0.3) is 0 Å². The molecule has 2 aliphatic rings. The van der Waals surface area contributed by atoms with Gasteiger partial charge >= 0.3 is 0 Å². The number of aromatic amines is 1. The molecule has 1 aromatic heterocycles. The maximum Gasteiger partial charge on any atom is 0.134 e. The molecule has 1 saturated heterocycles. The van der Waals surface area contributed by atoms with Crippen molar-refractivity contribution >= 4 is 5.69 Å². The van der Waals surface area contributed by atoms with Crippen molar-refractivity contribution in [2.75, 3.05) is 96.9 Å². The Hall–Kier alpha value is -3.03. The average molecular weight is 850 g/mol. The molecule has 0 radical (unpaired) electrons. The number of fused-ring (bicyclic) bond motifs is 1. The van der Waals surface area contributed by atoms with Gasteiger partial charge in [0, 0.05) is 103 Å². The zero-order valence-corrected chi connectivity index (χ0v) is 37.8. The first kappa shape index (κ1) is 49.0. The number of rotatable bonds is 21. The fourth-order valence-corrected chi connectivity index (χ4v) is 8.61. The molecule has 0 aliphatic carbocycles. The van der Waals surface area contributed by atoms with Gasteiger partial charge in [0.25, 0.3) is 0 Å². The number of anilines is 1. The van der Waals surface area contributed by atoms with E-state index in [1.807, 2.05) is 48.2 Å². The lowest BCUT2D eigenvalue weighted by Gasteiger charge is -2.35. The molecule has 0 amide bonds. The van der Waals surface area contributed by atoms with Crippen LogP contribution in [0.1, 0.15) is 82.6 Å². The highest BCUT2D eigenvalue weighted by Crippen LogP contribution is 2.31. The van der Waals surface area contributed by atoms with Gasteiger partial charge in [0.1, 0.15) is 30.7 Å². The lowest BCUT2D eigenvalue weighted by Crippen LogP contribution is -2.55. The summed E-state index contributed by atoms with van der Waals surface area (Å²) in [6, 6.07) is 15.7. The highest BCUT2D eigenvalue weighted by Gasteiger charge is 2.30. The van der Waals surface area contributed by atoms with Crippen LogP contribution in [-0.4, -0.2) is 182 Å². The number of β-amino-alcohol motifs (C(OH)–C–C–N with tert-alkyl or cyclic N) is 1. The number of H-pyrrole nitrogens is 1. The van der Waals surface area contributed by atoms with Gasteiger partial charge in [-0.25, -0.2) is 4.98 Å². The average Bonchev–Trinajstić information content (AvgIpc) is 3.75. The third-order valence-corrected chi connectivity index (χ3v) is 12.7. The number of aliphatic hydroxyl groups is 4. The van der Waals surface area contributed by atoms with Gasteiger partial charge in [0.05, 0.1) is 12.6 Å². The van der Waals surface area contributed by atoms with Gasteiger partial charge in [-0.3, -0.25) is 25.3 Å². The van der Waals surface area contributed by atoms with Crippen LogP contribution in [0.5, 0.6) is 0 Å². The summed E-state index contributed by atoms with van der Waals surface area (Å²) in [5, 5.41) is 56.1. The van der Waals surface area contributed by atoms with Crippen LogP contribution in [0, 0.1) is 0 Å². The number of hydrogen-bond donors (Lipinski definition) is 8. The minimum Gasteiger partial charge on any atom is -0.378 e. The number of nitrogens with zero attached hydrogens (tertiary/aromatic N) is 7. The van der Waals surface area contributed by atoms with Crippen LogP contribution in [0.4, 0.5) is 5.69 Å². The Morgan fingerprint density at radius 1 is 0.820 bits per heavy atom. The van der Waals surface area contributed by atoms with Gasteiger partial charge in [-0.2, -0.15) is 0 Å². The zero-order valence-electron chi connectivity index (χ0n) is 37.8. The number of benzene rings is 2. The maximum absolute atomic E-state index is 11.8. The van der Waals surface area contributed by atoms with E-state index < -0.39 is 24.9 Å². The summed E-state index contributed by atoms with van der Waals surface area (Å²) >= 11 is 0. The summed E-state index contributed by atoms with van der Waals surface area (Å²) < 4.78 is 0. The molecule has 15 nitrogen and oxygen atoms in total. The second-order valence-electron chi connectivity index (χ2n) is 16.8. The summed E-state index contributed by atoms with van der Waals surface area (Å²) in [5.41, 5.74) is 3.83. The maximum atomic E-state index is 11.8. The predicted octanol–water partition coefficient (Wildman–Crippen LogP) is 2.69. The van der Waals surface area contributed by atoms with Gasteiger partial charge in [0.2, 0.25) is 0 Å². The molecule has 0 unspecified atom stereocenters. The number of likely N-dealkylation sites (N-methyl/N-ethyl adjacent to an activating group) is 3. The standard InChI is InChI=1S/C46H79N11O4/c1-6-39(51-43(58)35-55-29-27-53(9-4)25-23-52(8-3)24-26-54(10-5)28-30-55)44(59)49-19-14-22-56-33-38-31-37(17-18-41(38)50-40(7-2)46(56)61)45(60)57(34-42-47-20-21-48-42)32-36-15-12-11-13-16-36/h11-13,15-18,20-21,31,39-40,43-46,49-51,58-61H,6-10,14,19,22-30,32-35H2,1-5H3,(H,47,48)/t39-,40-,43-,44-,45-,46-/m0/s1. The van der Waals surface area contributed by atoms with Gasteiger partial charge < -0.3 is 45.4 Å². The molecule has 8 N–H and O–H groups in total. The van der Waals surface area contributed by atoms with E-state index in [4.69, 9.17) is 0 Å². The van der Waals surface area contributed by atoms with E-state index in [-0.39, 0.29) is 12.1 Å². The Labute approximate surface area is 366 Å². The minimum absolute atomic E-state index is 0.169. The van der Waals surface area contributed by atoms with Gasteiger partial charge in [-0.05, 0) is 74.3 Å². The Kier molecular flexibility index (Phi) is 20.8. The van der Waals surface area contributed by atoms with E-state index in [9.17, 15) is 20.4 Å². The number of aromatic nitrogens is 2. The van der Waals surface area contributed by atoms with Crippen molar-refractivity contribution < 1.29 is 20.4 Å². The van der Waals surface area contributed by atoms with Crippen LogP contribution in [0.3, 0.4) is 0 Å². The van der Waals surface area contributed by atoms with Crippen molar-refractivity contribution in [3.63, 3.8) is 0 Å². The summed E-state index contributed by atoms with van der Waals surface area (Å²) in [6.07, 6.45) is 2.38. The largest absolute Gasteiger partial charge is 0.378 e. The summed E-state index contributed by atoms with van der Waals surface area (Å²) in [7, 11) is 0. The summed E-state index contributed by atoms with van der Waals surface area (Å²) in [5.74, 6) is 0.776. The molecule has 5 rings (SSSR count). The van der Waals surface area contributed by atoms with E-state index in [0.717, 1.165) is 107 Å². The van der Waals surface area contributed by atoms with Crippen LogP contribution in [-0.2, 0) is 19.6 Å². The molecule has 3 aromatic rings. The molecule has 1 fully saturated rings. The number of nitrogens with one attached hydrogen (secondary N) is 4. The molecule has 2 aromatic carbocycles. The second kappa shape index (κ2) is 25.9. The van der Waals surface area contributed by atoms with Crippen molar-refractivity contribution in [2.45, 2.75) is 111 Å². The molecule has 342 valence electrons. The van der Waals surface area contributed by atoms with Crippen molar-refractivity contribution in [2.24, 2.45) is 0 Å². The first-order valence-electron chi connectivity index (χ1n) is 23.1. The Morgan fingerprint density at radius 2 is 1.46 bits per heavy atom. The van der Waals surface area contributed by atoms with E-state index in [2.05, 4.69) is 90.2 Å². The topological polar surface area (TPSA) is 165 Å². The Balaban J connectivity index is 1.15. The van der Waals surface area contributed by atoms with Crippen LogP contribution in [0.2, 0.25) is 0 Å². The fourth-order valence-electron chi connectivity index (χ4n) is 8.61. The van der Waals surface area contributed by atoms with Crippen LogP contribution < -0.4 is 16.0 Å². The van der Waals surface area contributed by atoms with E-state index in [1.54, 1.807) is 12.4 Å². The minimum atomic E-state index is -0.883. The van der Waals surface area contributed by atoms with Crippen LogP contribution >= 0.6 is 0 Å². The molecule has 15 heteroatoms. The summed E-state index contributed by atoms with van der Waals surface area (Å²) in [4.78, 5) is 21.6. The number of aliphatic hydroxyl groups excluding tert-OH is 4. The van der Waals surface area contributed by atoms with Crippen molar-refractivity contribution in [3.05, 3.63) is 83.4 Å². The molecule has 2 aliphatic heterocycles. The van der Waals surface area contributed by atoms with Crippen molar-refractivity contribution in [1.29, 1.82) is 0 Å². The van der Waals surface area contributed by atoms with Crippen molar-refractivity contribution in [1.82, 2.24) is 50.0 Å². The Morgan fingerprint density at radius 3 is 2.03 bits per heavy atom. The lowest BCUT2D eigenvalue weighted by atomic mass is 10.1. The molecular formula is C46H79N11O4. The third kappa shape index (κ3) is 15.3. The SMILES string of the molecule is CC[C@H](N[C@@H](O)CN1CCN(CC)CCN(CC)CCN(CC)CC1)[C@H](O)NCCCN1Cc2cc([C@H](O)N(Cc3ccccc3)Cc3ncc[nH]3)ccc2N[C@@H](CC)[C@@H]1O. The number of imidazole rings is 1.